The molecule has 0 unspecified atom stereocenters. The fourth-order valence-corrected chi connectivity index (χ4v) is 1.25. The predicted molar refractivity (Wildman–Crippen MR) is 56.4 cm³/mol. The van der Waals surface area contributed by atoms with Gasteiger partial charge in [0.15, 0.2) is 0 Å². The zero-order chi connectivity index (χ0) is 9.94. The average molecular weight is 180 g/mol. The Morgan fingerprint density at radius 1 is 1.38 bits per heavy atom. The summed E-state index contributed by atoms with van der Waals surface area (Å²) in [5, 5.41) is 8.50. The molecule has 0 radical (unpaired) electrons. The smallest absolute Gasteiger partial charge is 0.0865 e. The number of nitrogens with zero attached hydrogens (tertiary/aromatic N) is 2. The highest BCUT2D eigenvalue weighted by molar-refractivity contribution is 4.75. The lowest BCUT2D eigenvalue weighted by atomic mass is 10.2. The van der Waals surface area contributed by atoms with E-state index in [0.29, 0.717) is 6.54 Å². The molecular formula is C11H20N2. The van der Waals surface area contributed by atoms with Crippen LogP contribution in [-0.2, 0) is 0 Å². The maximum absolute atomic E-state index is 8.50. The van der Waals surface area contributed by atoms with Gasteiger partial charge < -0.3 is 0 Å². The molecule has 2 heteroatoms. The fourth-order valence-electron chi connectivity index (χ4n) is 1.25. The standard InChI is InChI=1S/C11H20N2/c1-3-5-6-7-8-10-13(4-2)11-9-12/h3H,1,4-8,10-11H2,2H3. The molecule has 74 valence electrons. The van der Waals surface area contributed by atoms with Crippen LogP contribution in [0.4, 0.5) is 0 Å². The fraction of sp³-hybridized carbons (Fsp3) is 0.727. The van der Waals surface area contributed by atoms with Gasteiger partial charge in [0.1, 0.15) is 0 Å². The van der Waals surface area contributed by atoms with Gasteiger partial charge >= 0.3 is 0 Å². The van der Waals surface area contributed by atoms with E-state index in [0.717, 1.165) is 19.5 Å². The summed E-state index contributed by atoms with van der Waals surface area (Å²) < 4.78 is 0. The number of allylic oxidation sites excluding steroid dienone is 1. The first kappa shape index (κ1) is 12.2. The van der Waals surface area contributed by atoms with E-state index in [1.165, 1.54) is 19.3 Å². The lowest BCUT2D eigenvalue weighted by Gasteiger charge is -2.15. The average Bonchev–Trinajstić information content (AvgIpc) is 2.16. The Balaban J connectivity index is 3.28. The molecule has 13 heavy (non-hydrogen) atoms. The molecular weight excluding hydrogens is 160 g/mol. The minimum Gasteiger partial charge on any atom is -0.291 e. The Morgan fingerprint density at radius 2 is 2.15 bits per heavy atom. The number of rotatable bonds is 8. The molecule has 0 bridgehead atoms. The van der Waals surface area contributed by atoms with Crippen LogP contribution in [0.1, 0.15) is 32.6 Å². The molecule has 0 heterocycles. The SMILES string of the molecule is C=CCCCCCN(CC)CC#N. The number of hydrogen-bond donors (Lipinski definition) is 0. The van der Waals surface area contributed by atoms with E-state index in [2.05, 4.69) is 24.5 Å². The zero-order valence-corrected chi connectivity index (χ0v) is 8.63. The lowest BCUT2D eigenvalue weighted by molar-refractivity contribution is 0.313. The molecule has 0 amide bonds. The van der Waals surface area contributed by atoms with Crippen LogP contribution in [0.3, 0.4) is 0 Å². The van der Waals surface area contributed by atoms with Crippen molar-refractivity contribution in [2.24, 2.45) is 0 Å². The first-order chi connectivity index (χ1) is 6.35. The molecule has 2 nitrogen and oxygen atoms in total. The molecule has 0 saturated heterocycles. The molecule has 0 aromatic carbocycles. The summed E-state index contributed by atoms with van der Waals surface area (Å²) in [6.45, 7) is 8.39. The second-order valence-electron chi connectivity index (χ2n) is 3.16. The Hall–Kier alpha value is -0.810. The number of nitriles is 1. The van der Waals surface area contributed by atoms with Gasteiger partial charge in [0.05, 0.1) is 12.6 Å². The summed E-state index contributed by atoms with van der Waals surface area (Å²) in [5.74, 6) is 0. The van der Waals surface area contributed by atoms with Gasteiger partial charge in [-0.15, -0.1) is 6.58 Å². The molecule has 0 aliphatic heterocycles. The molecule has 0 aromatic rings. The predicted octanol–water partition coefficient (Wildman–Crippen LogP) is 2.58. The minimum absolute atomic E-state index is 0.567. The molecule has 0 atom stereocenters. The third-order valence-corrected chi connectivity index (χ3v) is 2.12. The molecule has 0 rings (SSSR count). The van der Waals surface area contributed by atoms with Gasteiger partial charge in [0, 0.05) is 0 Å². The highest BCUT2D eigenvalue weighted by atomic mass is 15.1. The van der Waals surface area contributed by atoms with E-state index in [1.54, 1.807) is 0 Å². The molecule has 0 N–H and O–H groups in total. The van der Waals surface area contributed by atoms with Crippen molar-refractivity contribution in [1.82, 2.24) is 4.90 Å². The topological polar surface area (TPSA) is 27.0 Å². The van der Waals surface area contributed by atoms with Gasteiger partial charge in [0.25, 0.3) is 0 Å². The van der Waals surface area contributed by atoms with E-state index < -0.39 is 0 Å². The van der Waals surface area contributed by atoms with Crippen LogP contribution in [0.25, 0.3) is 0 Å². The monoisotopic (exact) mass is 180 g/mol. The van der Waals surface area contributed by atoms with Crippen LogP contribution in [0.2, 0.25) is 0 Å². The summed E-state index contributed by atoms with van der Waals surface area (Å²) in [7, 11) is 0. The Bertz CT molecular complexity index is 158. The normalized spacial score (nSPS) is 9.92. The Kier molecular flexibility index (Phi) is 8.70. The highest BCUT2D eigenvalue weighted by Gasteiger charge is 1.99. The molecule has 0 aromatic heterocycles. The van der Waals surface area contributed by atoms with Gasteiger partial charge in [-0.25, -0.2) is 0 Å². The van der Waals surface area contributed by atoms with Crippen LogP contribution >= 0.6 is 0 Å². The first-order valence-corrected chi connectivity index (χ1v) is 5.05. The maximum atomic E-state index is 8.50. The van der Waals surface area contributed by atoms with E-state index >= 15 is 0 Å². The summed E-state index contributed by atoms with van der Waals surface area (Å²) in [6.07, 6.45) is 6.75. The van der Waals surface area contributed by atoms with Gasteiger partial charge in [0.2, 0.25) is 0 Å². The van der Waals surface area contributed by atoms with Crippen LogP contribution in [0, 0.1) is 11.3 Å². The van der Waals surface area contributed by atoms with E-state index in [1.807, 2.05) is 6.08 Å². The summed E-state index contributed by atoms with van der Waals surface area (Å²) in [4.78, 5) is 2.17. The lowest BCUT2D eigenvalue weighted by Crippen LogP contribution is -2.24. The van der Waals surface area contributed by atoms with Crippen molar-refractivity contribution in [3.63, 3.8) is 0 Å². The van der Waals surface area contributed by atoms with Crippen LogP contribution < -0.4 is 0 Å². The maximum Gasteiger partial charge on any atom is 0.0865 e. The minimum atomic E-state index is 0.567. The second-order valence-corrected chi connectivity index (χ2v) is 3.16. The number of hydrogen-bond acceptors (Lipinski definition) is 2. The third-order valence-electron chi connectivity index (χ3n) is 2.12. The molecule has 0 fully saturated rings. The van der Waals surface area contributed by atoms with Crippen molar-refractivity contribution in [3.05, 3.63) is 12.7 Å². The van der Waals surface area contributed by atoms with E-state index in [-0.39, 0.29) is 0 Å². The summed E-state index contributed by atoms with van der Waals surface area (Å²) in [5.41, 5.74) is 0. The van der Waals surface area contributed by atoms with Gasteiger partial charge in [-0.05, 0) is 32.4 Å². The van der Waals surface area contributed by atoms with Gasteiger partial charge in [-0.2, -0.15) is 5.26 Å². The molecule has 0 aliphatic rings. The van der Waals surface area contributed by atoms with E-state index in [9.17, 15) is 0 Å². The Morgan fingerprint density at radius 3 is 2.69 bits per heavy atom. The van der Waals surface area contributed by atoms with Crippen LogP contribution in [0.5, 0.6) is 0 Å². The van der Waals surface area contributed by atoms with Crippen molar-refractivity contribution in [2.75, 3.05) is 19.6 Å². The number of unbranched alkanes of at least 4 members (excludes halogenated alkanes) is 3. The highest BCUT2D eigenvalue weighted by Crippen LogP contribution is 2.01. The zero-order valence-electron chi connectivity index (χ0n) is 8.63. The summed E-state index contributed by atoms with van der Waals surface area (Å²) >= 11 is 0. The van der Waals surface area contributed by atoms with Crippen molar-refractivity contribution >= 4 is 0 Å². The molecule has 0 spiro atoms. The second kappa shape index (κ2) is 9.28. The first-order valence-electron chi connectivity index (χ1n) is 5.05. The third kappa shape index (κ3) is 7.55. The molecule has 0 saturated carbocycles. The van der Waals surface area contributed by atoms with Crippen molar-refractivity contribution in [1.29, 1.82) is 5.26 Å². The van der Waals surface area contributed by atoms with Gasteiger partial charge in [-0.3, -0.25) is 4.90 Å². The van der Waals surface area contributed by atoms with Crippen molar-refractivity contribution in [3.8, 4) is 6.07 Å². The largest absolute Gasteiger partial charge is 0.291 e. The van der Waals surface area contributed by atoms with E-state index in [4.69, 9.17) is 5.26 Å². The van der Waals surface area contributed by atoms with Crippen LogP contribution in [0.15, 0.2) is 12.7 Å². The van der Waals surface area contributed by atoms with Crippen LogP contribution in [-0.4, -0.2) is 24.5 Å². The summed E-state index contributed by atoms with van der Waals surface area (Å²) in [6, 6.07) is 2.18. The Labute approximate surface area is 81.9 Å². The van der Waals surface area contributed by atoms with Crippen molar-refractivity contribution < 1.29 is 0 Å². The molecule has 0 aliphatic carbocycles. The van der Waals surface area contributed by atoms with Crippen molar-refractivity contribution in [2.45, 2.75) is 32.6 Å². The van der Waals surface area contributed by atoms with Gasteiger partial charge in [-0.1, -0.05) is 19.4 Å². The quantitative estimate of drug-likeness (QED) is 0.326.